The molecule has 1 heterocycles. The first kappa shape index (κ1) is 18.9. The van der Waals surface area contributed by atoms with Gasteiger partial charge < -0.3 is 10.1 Å². The minimum atomic E-state index is -3.33. The molecule has 0 saturated carbocycles. The average Bonchev–Trinajstić information content (AvgIpc) is 2.93. The maximum atomic E-state index is 12.5. The Bertz CT molecular complexity index is 686. The number of hydrogen-bond donors (Lipinski definition) is 1. The number of nitrogens with one attached hydrogen (secondary N) is 1. The SMILES string of the molecule is CC(C)c1cccc(C(=O)N[C@H]2COC[C@H]2CS(=O)(=O)N(C)C)c1. The average molecular weight is 354 g/mol. The lowest BCUT2D eigenvalue weighted by Crippen LogP contribution is -2.43. The van der Waals surface area contributed by atoms with Crippen molar-refractivity contribution in [2.45, 2.75) is 25.8 Å². The second kappa shape index (κ2) is 7.63. The zero-order valence-corrected chi connectivity index (χ0v) is 15.5. The smallest absolute Gasteiger partial charge is 0.251 e. The van der Waals surface area contributed by atoms with Crippen LogP contribution in [0.5, 0.6) is 0 Å². The largest absolute Gasteiger partial charge is 0.379 e. The van der Waals surface area contributed by atoms with E-state index in [1.807, 2.05) is 18.2 Å². The van der Waals surface area contributed by atoms with Crippen LogP contribution in [0.2, 0.25) is 0 Å². The molecule has 7 heteroatoms. The Hall–Kier alpha value is -1.44. The van der Waals surface area contributed by atoms with Gasteiger partial charge in [0.05, 0.1) is 25.0 Å². The molecule has 1 aromatic rings. The van der Waals surface area contributed by atoms with Crippen LogP contribution in [-0.4, -0.2) is 57.7 Å². The molecule has 24 heavy (non-hydrogen) atoms. The van der Waals surface area contributed by atoms with E-state index in [1.165, 1.54) is 18.4 Å². The highest BCUT2D eigenvalue weighted by molar-refractivity contribution is 7.89. The highest BCUT2D eigenvalue weighted by Gasteiger charge is 2.34. The lowest BCUT2D eigenvalue weighted by Gasteiger charge is -2.21. The van der Waals surface area contributed by atoms with Gasteiger partial charge in [-0.1, -0.05) is 26.0 Å². The van der Waals surface area contributed by atoms with E-state index in [0.717, 1.165) is 5.56 Å². The molecule has 6 nitrogen and oxygen atoms in total. The Morgan fingerprint density at radius 3 is 2.67 bits per heavy atom. The summed E-state index contributed by atoms with van der Waals surface area (Å²) < 4.78 is 30.7. The van der Waals surface area contributed by atoms with Crippen LogP contribution >= 0.6 is 0 Å². The highest BCUT2D eigenvalue weighted by Crippen LogP contribution is 2.19. The van der Waals surface area contributed by atoms with Gasteiger partial charge in [0.1, 0.15) is 0 Å². The van der Waals surface area contributed by atoms with Crippen LogP contribution in [0, 0.1) is 5.92 Å². The van der Waals surface area contributed by atoms with E-state index in [2.05, 4.69) is 19.2 Å². The fourth-order valence-corrected chi connectivity index (χ4v) is 3.80. The van der Waals surface area contributed by atoms with Crippen molar-refractivity contribution in [1.82, 2.24) is 9.62 Å². The number of benzene rings is 1. The molecule has 0 bridgehead atoms. The highest BCUT2D eigenvalue weighted by atomic mass is 32.2. The summed E-state index contributed by atoms with van der Waals surface area (Å²) in [7, 11) is -0.311. The summed E-state index contributed by atoms with van der Waals surface area (Å²) >= 11 is 0. The van der Waals surface area contributed by atoms with Crippen LogP contribution in [0.15, 0.2) is 24.3 Å². The van der Waals surface area contributed by atoms with Crippen molar-refractivity contribution in [3.8, 4) is 0 Å². The van der Waals surface area contributed by atoms with Crippen molar-refractivity contribution in [2.24, 2.45) is 5.92 Å². The van der Waals surface area contributed by atoms with Gasteiger partial charge in [0.15, 0.2) is 0 Å². The standard InChI is InChI=1S/C17H26N2O4S/c1-12(2)13-6-5-7-14(8-13)17(20)18-16-10-23-9-15(16)11-24(21,22)19(3)4/h5-8,12,15-16H,9-11H2,1-4H3,(H,18,20)/t15-,16-/m0/s1. The van der Waals surface area contributed by atoms with E-state index >= 15 is 0 Å². The van der Waals surface area contributed by atoms with Gasteiger partial charge in [0, 0.05) is 25.6 Å². The van der Waals surface area contributed by atoms with Crippen molar-refractivity contribution in [2.75, 3.05) is 33.1 Å². The van der Waals surface area contributed by atoms with Crippen LogP contribution < -0.4 is 5.32 Å². The first-order chi connectivity index (χ1) is 11.2. The molecule has 0 spiro atoms. The number of rotatable bonds is 6. The molecule has 2 rings (SSSR count). The Morgan fingerprint density at radius 1 is 1.33 bits per heavy atom. The maximum Gasteiger partial charge on any atom is 0.251 e. The number of carbonyl (C=O) groups excluding carboxylic acids is 1. The van der Waals surface area contributed by atoms with E-state index in [4.69, 9.17) is 4.74 Å². The first-order valence-electron chi connectivity index (χ1n) is 8.09. The third kappa shape index (κ3) is 4.55. The minimum absolute atomic E-state index is 0.0308. The number of carbonyl (C=O) groups is 1. The van der Waals surface area contributed by atoms with Crippen molar-refractivity contribution in [3.05, 3.63) is 35.4 Å². The molecule has 1 amide bonds. The second-order valence-electron chi connectivity index (χ2n) is 6.72. The van der Waals surface area contributed by atoms with Crippen LogP contribution in [0.25, 0.3) is 0 Å². The molecule has 1 N–H and O–H groups in total. The number of ether oxygens (including phenoxy) is 1. The predicted molar refractivity (Wildman–Crippen MR) is 93.6 cm³/mol. The summed E-state index contributed by atoms with van der Waals surface area (Å²) in [5.74, 6) is -0.128. The van der Waals surface area contributed by atoms with Crippen molar-refractivity contribution >= 4 is 15.9 Å². The topological polar surface area (TPSA) is 75.7 Å². The fourth-order valence-electron chi connectivity index (χ4n) is 2.63. The quantitative estimate of drug-likeness (QED) is 0.839. The van der Waals surface area contributed by atoms with Gasteiger partial charge in [-0.25, -0.2) is 12.7 Å². The number of sulfonamides is 1. The summed E-state index contributed by atoms with van der Waals surface area (Å²) in [6.45, 7) is 4.82. The predicted octanol–water partition coefficient (Wildman–Crippen LogP) is 1.45. The summed E-state index contributed by atoms with van der Waals surface area (Å²) in [5, 5.41) is 2.93. The molecule has 0 aliphatic carbocycles. The Labute approximate surface area is 144 Å². The molecule has 134 valence electrons. The molecule has 0 unspecified atom stereocenters. The van der Waals surface area contributed by atoms with Crippen molar-refractivity contribution in [1.29, 1.82) is 0 Å². The summed E-state index contributed by atoms with van der Waals surface area (Å²) in [6, 6.07) is 7.20. The van der Waals surface area contributed by atoms with E-state index < -0.39 is 10.0 Å². The summed E-state index contributed by atoms with van der Waals surface area (Å²) in [4.78, 5) is 12.5. The molecule has 2 atom stereocenters. The molecule has 1 aliphatic heterocycles. The molecule has 1 aromatic carbocycles. The fraction of sp³-hybridized carbons (Fsp3) is 0.588. The second-order valence-corrected chi connectivity index (χ2v) is 8.95. The van der Waals surface area contributed by atoms with Gasteiger partial charge in [-0.05, 0) is 23.6 Å². The van der Waals surface area contributed by atoms with Gasteiger partial charge in [0.25, 0.3) is 5.91 Å². The van der Waals surface area contributed by atoms with Gasteiger partial charge in [0.2, 0.25) is 10.0 Å². The first-order valence-corrected chi connectivity index (χ1v) is 9.70. The maximum absolute atomic E-state index is 12.5. The number of nitrogens with zero attached hydrogens (tertiary/aromatic N) is 1. The molecule has 0 radical (unpaired) electrons. The van der Waals surface area contributed by atoms with E-state index in [1.54, 1.807) is 6.07 Å². The molecule has 1 saturated heterocycles. The van der Waals surface area contributed by atoms with Crippen molar-refractivity contribution < 1.29 is 17.9 Å². The molecule has 1 aliphatic rings. The lowest BCUT2D eigenvalue weighted by atomic mass is 10.00. The molecular formula is C17H26N2O4S. The number of hydrogen-bond acceptors (Lipinski definition) is 4. The van der Waals surface area contributed by atoms with E-state index in [-0.39, 0.29) is 23.6 Å². The molecular weight excluding hydrogens is 328 g/mol. The Morgan fingerprint density at radius 2 is 2.04 bits per heavy atom. The zero-order valence-electron chi connectivity index (χ0n) is 14.7. The zero-order chi connectivity index (χ0) is 17.9. The van der Waals surface area contributed by atoms with Crippen LogP contribution in [0.3, 0.4) is 0 Å². The summed E-state index contributed by atoms with van der Waals surface area (Å²) in [5.41, 5.74) is 1.68. The monoisotopic (exact) mass is 354 g/mol. The number of amides is 1. The van der Waals surface area contributed by atoms with Gasteiger partial charge in [-0.2, -0.15) is 0 Å². The van der Waals surface area contributed by atoms with E-state index in [9.17, 15) is 13.2 Å². The molecule has 0 aromatic heterocycles. The van der Waals surface area contributed by atoms with Gasteiger partial charge >= 0.3 is 0 Å². The van der Waals surface area contributed by atoms with E-state index in [0.29, 0.717) is 24.7 Å². The summed E-state index contributed by atoms with van der Waals surface area (Å²) in [6.07, 6.45) is 0. The normalized spacial score (nSPS) is 21.4. The van der Waals surface area contributed by atoms with Crippen LogP contribution in [-0.2, 0) is 14.8 Å². The molecule has 1 fully saturated rings. The lowest BCUT2D eigenvalue weighted by molar-refractivity contribution is 0.0926. The van der Waals surface area contributed by atoms with Crippen LogP contribution in [0.1, 0.15) is 35.7 Å². The van der Waals surface area contributed by atoms with Gasteiger partial charge in [-0.15, -0.1) is 0 Å². The Kier molecular flexibility index (Phi) is 6.01. The van der Waals surface area contributed by atoms with Crippen LogP contribution in [0.4, 0.5) is 0 Å². The van der Waals surface area contributed by atoms with Crippen molar-refractivity contribution in [3.63, 3.8) is 0 Å². The third-order valence-corrected chi connectivity index (χ3v) is 6.27. The Balaban J connectivity index is 2.06. The third-order valence-electron chi connectivity index (χ3n) is 4.31. The van der Waals surface area contributed by atoms with Gasteiger partial charge in [-0.3, -0.25) is 4.79 Å². The minimum Gasteiger partial charge on any atom is -0.379 e.